The van der Waals surface area contributed by atoms with Crippen molar-refractivity contribution in [2.45, 2.75) is 108 Å². The summed E-state index contributed by atoms with van der Waals surface area (Å²) in [5.74, 6) is 2.32. The zero-order chi connectivity index (χ0) is 27.4. The SMILES string of the molecule is CP(=O)(O)C1=CCN(c2nc3ccccc3n(C3C[C@H]4CCC[C@@H](C3)N4C3C[C@@H]4CCC[C@@H](CC4)C3)c2=O)CC1. The van der Waals surface area contributed by atoms with Crippen LogP contribution < -0.4 is 10.5 Å². The molecule has 1 aromatic carbocycles. The molecule has 3 aliphatic heterocycles. The normalized spacial score (nSPS) is 34.6. The van der Waals surface area contributed by atoms with Crippen LogP contribution in [0.25, 0.3) is 11.0 Å². The average Bonchev–Trinajstić information content (AvgIpc) is 3.27. The Balaban J connectivity index is 1.21. The molecule has 7 rings (SSSR count). The maximum atomic E-state index is 14.3. The topological polar surface area (TPSA) is 78.7 Å². The lowest BCUT2D eigenvalue weighted by atomic mass is 9.77. The Kier molecular flexibility index (Phi) is 7.21. The molecule has 3 unspecified atom stereocenters. The Hall–Kier alpha value is -1.95. The maximum absolute atomic E-state index is 14.3. The van der Waals surface area contributed by atoms with Gasteiger partial charge in [-0.2, -0.15) is 0 Å². The Morgan fingerprint density at radius 3 is 2.20 bits per heavy atom. The second-order valence-electron chi connectivity index (χ2n) is 13.5. The van der Waals surface area contributed by atoms with Crippen LogP contribution in [0.1, 0.15) is 89.5 Å². The first-order valence-electron chi connectivity index (χ1n) is 15.9. The van der Waals surface area contributed by atoms with E-state index in [-0.39, 0.29) is 11.6 Å². The van der Waals surface area contributed by atoms with Crippen LogP contribution in [0, 0.1) is 11.8 Å². The molecule has 1 N–H and O–H groups in total. The van der Waals surface area contributed by atoms with E-state index in [1.807, 2.05) is 29.2 Å². The zero-order valence-electron chi connectivity index (χ0n) is 24.0. The molecule has 2 aromatic rings. The van der Waals surface area contributed by atoms with Crippen LogP contribution in [0.5, 0.6) is 0 Å². The van der Waals surface area contributed by atoms with E-state index in [1.165, 1.54) is 70.9 Å². The molecule has 4 bridgehead atoms. The lowest BCUT2D eigenvalue weighted by Gasteiger charge is -2.53. The van der Waals surface area contributed by atoms with Crippen molar-refractivity contribution in [1.82, 2.24) is 14.5 Å². The third-order valence-electron chi connectivity index (χ3n) is 11.0. The lowest BCUT2D eigenvalue weighted by molar-refractivity contribution is -0.0303. The Morgan fingerprint density at radius 2 is 1.55 bits per heavy atom. The number of fused-ring (bicyclic) bond motifs is 6. The molecule has 0 spiro atoms. The number of piperidine rings is 2. The number of rotatable bonds is 4. The highest BCUT2D eigenvalue weighted by molar-refractivity contribution is 7.61. The highest BCUT2D eigenvalue weighted by Gasteiger charge is 2.44. The average molecular weight is 565 g/mol. The van der Waals surface area contributed by atoms with Gasteiger partial charge in [-0.3, -0.25) is 14.3 Å². The predicted octanol–water partition coefficient (Wildman–Crippen LogP) is 6.31. The van der Waals surface area contributed by atoms with Gasteiger partial charge in [-0.05, 0) is 68.9 Å². The van der Waals surface area contributed by atoms with Crippen LogP contribution in [0.4, 0.5) is 5.82 Å². The van der Waals surface area contributed by atoms with Crippen LogP contribution in [-0.2, 0) is 4.57 Å². The number of anilines is 1. The molecule has 2 saturated carbocycles. The highest BCUT2D eigenvalue weighted by atomic mass is 31.2. The third-order valence-corrected chi connectivity index (χ3v) is 12.5. The molecule has 4 fully saturated rings. The van der Waals surface area contributed by atoms with Crippen molar-refractivity contribution in [3.8, 4) is 0 Å². The van der Waals surface area contributed by atoms with E-state index >= 15 is 0 Å². The predicted molar refractivity (Wildman–Crippen MR) is 161 cm³/mol. The molecule has 4 heterocycles. The van der Waals surface area contributed by atoms with Crippen LogP contribution >= 0.6 is 7.37 Å². The molecule has 7 atom stereocenters. The molecule has 216 valence electrons. The fraction of sp³-hybridized carbons (Fsp3) is 0.688. The monoisotopic (exact) mass is 564 g/mol. The highest BCUT2D eigenvalue weighted by Crippen LogP contribution is 2.49. The summed E-state index contributed by atoms with van der Waals surface area (Å²) in [5, 5.41) is 0.604. The first kappa shape index (κ1) is 26.9. The van der Waals surface area contributed by atoms with E-state index in [1.54, 1.807) is 0 Å². The van der Waals surface area contributed by atoms with Gasteiger partial charge in [0.1, 0.15) is 0 Å². The molecule has 0 radical (unpaired) electrons. The molecule has 8 heteroatoms. The second-order valence-corrected chi connectivity index (χ2v) is 15.9. The van der Waals surface area contributed by atoms with Crippen molar-refractivity contribution in [3.63, 3.8) is 0 Å². The standard InChI is InChI=1S/C32H45N4O3P/c1-40(38,39)28-14-16-34(17-15-28)31-32(37)36(30-11-3-2-10-29(30)33-31)27-20-24-8-5-9-25(21-27)35(24)26-18-22-6-4-7-23(19-26)13-12-22/h2-3,10-11,14,22-27H,4-9,12-13,15-21H2,1H3,(H,38,39)/t22-,23+,24-,25+,26?,27?. The van der Waals surface area contributed by atoms with E-state index in [9.17, 15) is 14.3 Å². The van der Waals surface area contributed by atoms with Gasteiger partial charge < -0.3 is 14.4 Å². The molecule has 2 saturated heterocycles. The lowest BCUT2D eigenvalue weighted by Crippen LogP contribution is -2.57. The molecular weight excluding hydrogens is 519 g/mol. The number of aromatic nitrogens is 2. The third kappa shape index (κ3) is 5.01. The van der Waals surface area contributed by atoms with E-state index in [4.69, 9.17) is 4.98 Å². The molecule has 5 aliphatic rings. The smallest absolute Gasteiger partial charge is 0.294 e. The molecule has 0 amide bonds. The summed E-state index contributed by atoms with van der Waals surface area (Å²) in [6, 6.07) is 10.1. The Morgan fingerprint density at radius 1 is 0.875 bits per heavy atom. The van der Waals surface area contributed by atoms with Gasteiger partial charge in [-0.25, -0.2) is 4.98 Å². The summed E-state index contributed by atoms with van der Waals surface area (Å²) in [4.78, 5) is 34.2. The summed E-state index contributed by atoms with van der Waals surface area (Å²) in [6.07, 6.45) is 18.2. The Bertz CT molecular complexity index is 1370. The minimum Gasteiger partial charge on any atom is -0.348 e. The van der Waals surface area contributed by atoms with Crippen molar-refractivity contribution >= 4 is 24.2 Å². The molecule has 1 aromatic heterocycles. The summed E-state index contributed by atoms with van der Waals surface area (Å²) in [7, 11) is -3.25. The van der Waals surface area contributed by atoms with Gasteiger partial charge in [-0.15, -0.1) is 0 Å². The number of hydrogen-bond donors (Lipinski definition) is 1. The van der Waals surface area contributed by atoms with Gasteiger partial charge in [-0.1, -0.05) is 56.7 Å². The van der Waals surface area contributed by atoms with E-state index < -0.39 is 7.37 Å². The molecular formula is C32H45N4O3P. The molecule has 7 nitrogen and oxygen atoms in total. The van der Waals surface area contributed by atoms with Crippen molar-refractivity contribution in [2.24, 2.45) is 11.8 Å². The zero-order valence-corrected chi connectivity index (χ0v) is 24.9. The molecule has 40 heavy (non-hydrogen) atoms. The van der Waals surface area contributed by atoms with E-state index in [2.05, 4.69) is 15.5 Å². The minimum atomic E-state index is -3.25. The van der Waals surface area contributed by atoms with Gasteiger partial charge in [0.15, 0.2) is 5.82 Å². The van der Waals surface area contributed by atoms with Gasteiger partial charge >= 0.3 is 0 Å². The summed E-state index contributed by atoms with van der Waals surface area (Å²) in [5.41, 5.74) is 1.80. The number of hydrogen-bond acceptors (Lipinski definition) is 5. The van der Waals surface area contributed by atoms with Crippen LogP contribution in [0.2, 0.25) is 0 Å². The van der Waals surface area contributed by atoms with E-state index in [0.717, 1.165) is 41.8 Å². The number of benzene rings is 1. The summed E-state index contributed by atoms with van der Waals surface area (Å²) in [6.45, 7) is 2.39. The number of nitrogens with zero attached hydrogens (tertiary/aromatic N) is 4. The van der Waals surface area contributed by atoms with Crippen molar-refractivity contribution < 1.29 is 9.46 Å². The summed E-state index contributed by atoms with van der Waals surface area (Å²) < 4.78 is 14.3. The van der Waals surface area contributed by atoms with Crippen molar-refractivity contribution in [2.75, 3.05) is 24.7 Å². The van der Waals surface area contributed by atoms with Gasteiger partial charge in [0, 0.05) is 49.2 Å². The van der Waals surface area contributed by atoms with Crippen LogP contribution in [0.3, 0.4) is 0 Å². The largest absolute Gasteiger partial charge is 0.348 e. The van der Waals surface area contributed by atoms with Crippen LogP contribution in [-0.4, -0.2) is 57.2 Å². The van der Waals surface area contributed by atoms with Gasteiger partial charge in [0.25, 0.3) is 5.56 Å². The summed E-state index contributed by atoms with van der Waals surface area (Å²) >= 11 is 0. The first-order valence-corrected chi connectivity index (χ1v) is 18.0. The minimum absolute atomic E-state index is 0.000230. The fourth-order valence-electron chi connectivity index (χ4n) is 9.17. The first-order chi connectivity index (χ1) is 19.3. The van der Waals surface area contributed by atoms with Crippen molar-refractivity contribution in [3.05, 3.63) is 46.0 Å². The quantitative estimate of drug-likeness (QED) is 0.439. The Labute approximate surface area is 238 Å². The number of para-hydroxylation sites is 2. The van der Waals surface area contributed by atoms with E-state index in [0.29, 0.717) is 42.7 Å². The molecule has 2 aliphatic carbocycles. The van der Waals surface area contributed by atoms with Crippen LogP contribution in [0.15, 0.2) is 40.5 Å². The second kappa shape index (κ2) is 10.7. The van der Waals surface area contributed by atoms with Gasteiger partial charge in [0.2, 0.25) is 7.37 Å². The van der Waals surface area contributed by atoms with Crippen molar-refractivity contribution in [1.29, 1.82) is 0 Å². The fourth-order valence-corrected chi connectivity index (χ4v) is 10.1. The van der Waals surface area contributed by atoms with Gasteiger partial charge in [0.05, 0.1) is 11.0 Å². The maximum Gasteiger partial charge on any atom is 0.294 e.